The number of rotatable bonds is 2. The number of halogens is 2. The molecule has 1 unspecified atom stereocenters. The summed E-state index contributed by atoms with van der Waals surface area (Å²) in [4.78, 5) is 2.03. The molecule has 0 aromatic heterocycles. The van der Waals surface area contributed by atoms with Gasteiger partial charge in [0.1, 0.15) is 5.82 Å². The Morgan fingerprint density at radius 3 is 2.62 bits per heavy atom. The maximum Gasteiger partial charge on any atom is 0.148 e. The molecule has 1 aliphatic heterocycles. The number of nitrogens with zero attached hydrogens (tertiary/aromatic N) is 1. The first-order chi connectivity index (χ1) is 10.1. The van der Waals surface area contributed by atoms with E-state index in [0.29, 0.717) is 17.3 Å². The van der Waals surface area contributed by atoms with Crippen LogP contribution in [-0.4, -0.2) is 19.6 Å². The Hall–Kier alpha value is -1.58. The van der Waals surface area contributed by atoms with Crippen molar-refractivity contribution in [1.29, 1.82) is 0 Å². The first-order valence-electron chi connectivity index (χ1n) is 7.10. The molecule has 2 aromatic rings. The van der Waals surface area contributed by atoms with Crippen molar-refractivity contribution >= 4 is 17.3 Å². The van der Waals surface area contributed by atoms with Gasteiger partial charge in [-0.1, -0.05) is 48.0 Å². The van der Waals surface area contributed by atoms with Crippen molar-refractivity contribution in [2.24, 2.45) is 0 Å². The van der Waals surface area contributed by atoms with Gasteiger partial charge in [-0.3, -0.25) is 0 Å². The van der Waals surface area contributed by atoms with E-state index >= 15 is 0 Å². The Kier molecular flexibility index (Phi) is 3.87. The molecule has 1 heterocycles. The van der Waals surface area contributed by atoms with Crippen LogP contribution in [-0.2, 0) is 5.54 Å². The highest BCUT2D eigenvalue weighted by Crippen LogP contribution is 2.33. The predicted octanol–water partition coefficient (Wildman–Crippen LogP) is 3.80. The van der Waals surface area contributed by atoms with Gasteiger partial charge in [0.15, 0.2) is 0 Å². The summed E-state index contributed by atoms with van der Waals surface area (Å²) in [5, 5.41) is 4.01. The number of anilines is 1. The number of para-hydroxylation sites is 1. The normalized spacial score (nSPS) is 22.3. The summed E-state index contributed by atoms with van der Waals surface area (Å²) < 4.78 is 14.1. The highest BCUT2D eigenvalue weighted by Gasteiger charge is 2.33. The largest absolute Gasteiger partial charge is 0.364 e. The second-order valence-electron chi connectivity index (χ2n) is 5.62. The second kappa shape index (κ2) is 5.66. The Balaban J connectivity index is 1.93. The number of piperazine rings is 1. The van der Waals surface area contributed by atoms with E-state index in [2.05, 4.69) is 24.4 Å². The van der Waals surface area contributed by atoms with E-state index in [1.807, 2.05) is 23.1 Å². The van der Waals surface area contributed by atoms with E-state index in [4.69, 9.17) is 11.6 Å². The van der Waals surface area contributed by atoms with E-state index in [9.17, 15) is 4.39 Å². The highest BCUT2D eigenvalue weighted by atomic mass is 35.5. The van der Waals surface area contributed by atoms with Crippen molar-refractivity contribution in [1.82, 2.24) is 5.32 Å². The van der Waals surface area contributed by atoms with E-state index < -0.39 is 0 Å². The van der Waals surface area contributed by atoms with Crippen LogP contribution in [0.15, 0.2) is 48.5 Å². The van der Waals surface area contributed by atoms with Crippen molar-refractivity contribution in [2.75, 3.05) is 24.5 Å². The van der Waals surface area contributed by atoms with Gasteiger partial charge in [-0.15, -0.1) is 0 Å². The molecule has 2 aromatic carbocycles. The van der Waals surface area contributed by atoms with Crippen LogP contribution in [0.1, 0.15) is 12.5 Å². The summed E-state index contributed by atoms with van der Waals surface area (Å²) in [6, 6.07) is 15.1. The average molecular weight is 305 g/mol. The van der Waals surface area contributed by atoms with Crippen molar-refractivity contribution in [3.63, 3.8) is 0 Å². The fraction of sp³-hybridized carbons (Fsp3) is 0.294. The summed E-state index contributed by atoms with van der Waals surface area (Å²) in [6.07, 6.45) is 0. The molecule has 0 radical (unpaired) electrons. The van der Waals surface area contributed by atoms with E-state index in [0.717, 1.165) is 13.1 Å². The zero-order chi connectivity index (χ0) is 14.9. The molecule has 0 saturated carbocycles. The number of hydrogen-bond acceptors (Lipinski definition) is 2. The lowest BCUT2D eigenvalue weighted by Crippen LogP contribution is -2.57. The predicted molar refractivity (Wildman–Crippen MR) is 85.4 cm³/mol. The summed E-state index contributed by atoms with van der Waals surface area (Å²) in [5.74, 6) is -0.264. The van der Waals surface area contributed by atoms with Crippen LogP contribution in [0.25, 0.3) is 0 Å². The Morgan fingerprint density at radius 2 is 1.90 bits per heavy atom. The molecule has 0 amide bonds. The minimum absolute atomic E-state index is 0.217. The molecule has 4 heteroatoms. The van der Waals surface area contributed by atoms with Gasteiger partial charge in [0.2, 0.25) is 0 Å². The van der Waals surface area contributed by atoms with Crippen LogP contribution in [0, 0.1) is 5.82 Å². The number of benzene rings is 2. The van der Waals surface area contributed by atoms with Gasteiger partial charge in [-0.05, 0) is 24.6 Å². The van der Waals surface area contributed by atoms with Crippen LogP contribution in [0.3, 0.4) is 0 Å². The standard InChI is InChI=1S/C17H18ClFN2/c1-17(13-6-3-2-4-7-13)12-21(11-10-20-17)16-14(18)8-5-9-15(16)19/h2-9,20H,10-12H2,1H3. The van der Waals surface area contributed by atoms with Gasteiger partial charge in [0, 0.05) is 19.6 Å². The van der Waals surface area contributed by atoms with Gasteiger partial charge in [-0.2, -0.15) is 0 Å². The summed E-state index contributed by atoms with van der Waals surface area (Å²) in [5.41, 5.74) is 1.48. The lowest BCUT2D eigenvalue weighted by atomic mass is 9.89. The summed E-state index contributed by atoms with van der Waals surface area (Å²) in [6.45, 7) is 4.35. The molecule has 3 rings (SSSR count). The summed E-state index contributed by atoms with van der Waals surface area (Å²) in [7, 11) is 0. The minimum Gasteiger partial charge on any atom is -0.364 e. The Bertz CT molecular complexity index is 612. The van der Waals surface area contributed by atoms with Crippen LogP contribution in [0.2, 0.25) is 5.02 Å². The monoisotopic (exact) mass is 304 g/mol. The van der Waals surface area contributed by atoms with Crippen molar-refractivity contribution in [2.45, 2.75) is 12.5 Å². The smallest absolute Gasteiger partial charge is 0.148 e. The van der Waals surface area contributed by atoms with Gasteiger partial charge >= 0.3 is 0 Å². The fourth-order valence-corrected chi connectivity index (χ4v) is 3.25. The van der Waals surface area contributed by atoms with Gasteiger partial charge < -0.3 is 10.2 Å². The maximum absolute atomic E-state index is 14.1. The Labute approximate surface area is 129 Å². The lowest BCUT2D eigenvalue weighted by Gasteiger charge is -2.43. The van der Waals surface area contributed by atoms with Gasteiger partial charge in [-0.25, -0.2) is 4.39 Å². The third-order valence-electron chi connectivity index (χ3n) is 4.07. The molecule has 2 nitrogen and oxygen atoms in total. The lowest BCUT2D eigenvalue weighted by molar-refractivity contribution is 0.330. The Morgan fingerprint density at radius 1 is 1.14 bits per heavy atom. The van der Waals surface area contributed by atoms with E-state index in [-0.39, 0.29) is 11.4 Å². The molecule has 110 valence electrons. The zero-order valence-electron chi connectivity index (χ0n) is 11.9. The zero-order valence-corrected chi connectivity index (χ0v) is 12.7. The molecule has 1 saturated heterocycles. The number of nitrogens with one attached hydrogen (secondary N) is 1. The van der Waals surface area contributed by atoms with Crippen LogP contribution in [0.4, 0.5) is 10.1 Å². The molecule has 0 bridgehead atoms. The topological polar surface area (TPSA) is 15.3 Å². The van der Waals surface area contributed by atoms with Crippen molar-refractivity contribution in [3.8, 4) is 0 Å². The van der Waals surface area contributed by atoms with Gasteiger partial charge in [0.05, 0.1) is 16.2 Å². The second-order valence-corrected chi connectivity index (χ2v) is 6.02. The molecule has 0 spiro atoms. The number of hydrogen-bond donors (Lipinski definition) is 1. The SMILES string of the molecule is CC1(c2ccccc2)CN(c2c(F)cccc2Cl)CCN1. The first-order valence-corrected chi connectivity index (χ1v) is 7.47. The maximum atomic E-state index is 14.1. The third kappa shape index (κ3) is 2.76. The molecule has 0 aliphatic carbocycles. The van der Waals surface area contributed by atoms with Crippen LogP contribution in [0.5, 0.6) is 0 Å². The molecular weight excluding hydrogens is 287 g/mol. The van der Waals surface area contributed by atoms with Crippen LogP contribution >= 0.6 is 11.6 Å². The minimum atomic E-state index is -0.264. The quantitative estimate of drug-likeness (QED) is 0.908. The van der Waals surface area contributed by atoms with Crippen molar-refractivity contribution in [3.05, 3.63) is 64.9 Å². The van der Waals surface area contributed by atoms with Crippen LogP contribution < -0.4 is 10.2 Å². The molecule has 1 fully saturated rings. The van der Waals surface area contributed by atoms with Crippen molar-refractivity contribution < 1.29 is 4.39 Å². The molecule has 21 heavy (non-hydrogen) atoms. The van der Waals surface area contributed by atoms with E-state index in [1.54, 1.807) is 12.1 Å². The summed E-state index contributed by atoms with van der Waals surface area (Å²) >= 11 is 6.20. The fourth-order valence-electron chi connectivity index (χ4n) is 2.96. The average Bonchev–Trinajstić information content (AvgIpc) is 2.48. The van der Waals surface area contributed by atoms with Gasteiger partial charge in [0.25, 0.3) is 0 Å². The molecular formula is C17H18ClFN2. The van der Waals surface area contributed by atoms with E-state index in [1.165, 1.54) is 11.6 Å². The third-order valence-corrected chi connectivity index (χ3v) is 4.37. The molecule has 1 atom stereocenters. The highest BCUT2D eigenvalue weighted by molar-refractivity contribution is 6.33. The first kappa shape index (κ1) is 14.4. The molecule has 1 aliphatic rings. The molecule has 1 N–H and O–H groups in total.